The van der Waals surface area contributed by atoms with Gasteiger partial charge in [0.05, 0.1) is 10.0 Å². The monoisotopic (exact) mass is 302 g/mol. The minimum absolute atomic E-state index is 0.0148. The number of halogens is 2. The van der Waals surface area contributed by atoms with Crippen LogP contribution in [-0.4, -0.2) is 37.2 Å². The molecule has 6 heteroatoms. The van der Waals surface area contributed by atoms with Crippen molar-refractivity contribution in [1.82, 2.24) is 4.90 Å². The highest BCUT2D eigenvalue weighted by Crippen LogP contribution is 2.25. The van der Waals surface area contributed by atoms with Crippen molar-refractivity contribution in [3.63, 3.8) is 0 Å². The van der Waals surface area contributed by atoms with Gasteiger partial charge in [0.25, 0.3) is 0 Å². The van der Waals surface area contributed by atoms with Crippen LogP contribution in [0.1, 0.15) is 12.8 Å². The summed E-state index contributed by atoms with van der Waals surface area (Å²) in [5, 5.41) is 3.51. The van der Waals surface area contributed by atoms with E-state index < -0.39 is 6.09 Å². The van der Waals surface area contributed by atoms with E-state index in [4.69, 9.17) is 27.9 Å². The lowest BCUT2D eigenvalue weighted by atomic mass is 10.1. The number of benzene rings is 1. The van der Waals surface area contributed by atoms with E-state index in [0.29, 0.717) is 15.7 Å². The standard InChI is InChI=1S/C13H16Cl2N2O2/c1-17-6-4-10(5-7-17)19-13(18)16-9-2-3-11(14)12(15)8-9/h2-3,8,10H,4-7H2,1H3,(H,16,18). The van der Waals surface area contributed by atoms with Gasteiger partial charge in [0, 0.05) is 18.8 Å². The number of hydrogen-bond donors (Lipinski definition) is 1. The van der Waals surface area contributed by atoms with Crippen LogP contribution in [0.3, 0.4) is 0 Å². The van der Waals surface area contributed by atoms with Crippen molar-refractivity contribution in [3.05, 3.63) is 28.2 Å². The molecule has 19 heavy (non-hydrogen) atoms. The molecule has 0 spiro atoms. The highest BCUT2D eigenvalue weighted by Gasteiger charge is 2.20. The van der Waals surface area contributed by atoms with Crippen LogP contribution >= 0.6 is 23.2 Å². The maximum atomic E-state index is 11.7. The van der Waals surface area contributed by atoms with Crippen LogP contribution in [0.5, 0.6) is 0 Å². The Labute approximate surface area is 122 Å². The van der Waals surface area contributed by atoms with Crippen LogP contribution in [-0.2, 0) is 4.74 Å². The third kappa shape index (κ3) is 4.27. The van der Waals surface area contributed by atoms with Crippen LogP contribution < -0.4 is 5.32 Å². The van der Waals surface area contributed by atoms with E-state index in [0.717, 1.165) is 25.9 Å². The average molecular weight is 303 g/mol. The van der Waals surface area contributed by atoms with Gasteiger partial charge in [-0.25, -0.2) is 4.79 Å². The van der Waals surface area contributed by atoms with Crippen LogP contribution in [0.4, 0.5) is 10.5 Å². The molecule has 1 amide bonds. The number of carbonyl (C=O) groups is 1. The van der Waals surface area contributed by atoms with Gasteiger partial charge >= 0.3 is 6.09 Å². The van der Waals surface area contributed by atoms with Gasteiger partial charge in [0.15, 0.2) is 0 Å². The number of nitrogens with one attached hydrogen (secondary N) is 1. The molecule has 0 atom stereocenters. The zero-order valence-electron chi connectivity index (χ0n) is 10.7. The summed E-state index contributed by atoms with van der Waals surface area (Å²) in [5.41, 5.74) is 0.576. The topological polar surface area (TPSA) is 41.6 Å². The van der Waals surface area contributed by atoms with Crippen LogP contribution in [0.15, 0.2) is 18.2 Å². The van der Waals surface area contributed by atoms with E-state index in [-0.39, 0.29) is 6.10 Å². The predicted molar refractivity (Wildman–Crippen MR) is 77.1 cm³/mol. The van der Waals surface area contributed by atoms with Gasteiger partial charge in [-0.3, -0.25) is 5.32 Å². The molecular weight excluding hydrogens is 287 g/mol. The Morgan fingerprint density at radius 1 is 1.32 bits per heavy atom. The lowest BCUT2D eigenvalue weighted by Gasteiger charge is -2.28. The molecule has 1 aliphatic rings. The largest absolute Gasteiger partial charge is 0.446 e. The minimum atomic E-state index is -0.451. The second kappa shape index (κ2) is 6.46. The Morgan fingerprint density at radius 2 is 2.00 bits per heavy atom. The summed E-state index contributed by atoms with van der Waals surface area (Å²) in [6.07, 6.45) is 1.27. The lowest BCUT2D eigenvalue weighted by Crippen LogP contribution is -2.36. The highest BCUT2D eigenvalue weighted by molar-refractivity contribution is 6.42. The first kappa shape index (κ1) is 14.4. The Bertz CT molecular complexity index is 460. The number of nitrogens with zero attached hydrogens (tertiary/aromatic N) is 1. The summed E-state index contributed by atoms with van der Waals surface area (Å²) in [6, 6.07) is 4.92. The normalized spacial score (nSPS) is 17.2. The fourth-order valence-electron chi connectivity index (χ4n) is 1.98. The zero-order valence-corrected chi connectivity index (χ0v) is 12.2. The molecule has 1 N–H and O–H groups in total. The summed E-state index contributed by atoms with van der Waals surface area (Å²) in [5.74, 6) is 0. The number of piperidine rings is 1. The smallest absolute Gasteiger partial charge is 0.411 e. The van der Waals surface area contributed by atoms with Gasteiger partial charge in [0.1, 0.15) is 6.10 Å². The maximum Gasteiger partial charge on any atom is 0.411 e. The second-order valence-corrected chi connectivity index (χ2v) is 5.48. The molecule has 0 saturated carbocycles. The van der Waals surface area contributed by atoms with Gasteiger partial charge in [-0.1, -0.05) is 23.2 Å². The first-order chi connectivity index (χ1) is 9.04. The molecule has 1 fully saturated rings. The molecule has 0 bridgehead atoms. The first-order valence-electron chi connectivity index (χ1n) is 6.16. The molecule has 1 aromatic carbocycles. The second-order valence-electron chi connectivity index (χ2n) is 4.66. The zero-order chi connectivity index (χ0) is 13.8. The van der Waals surface area contributed by atoms with Crippen LogP contribution in [0.2, 0.25) is 10.0 Å². The van der Waals surface area contributed by atoms with E-state index >= 15 is 0 Å². The molecule has 104 valence electrons. The Hall–Kier alpha value is -0.970. The van der Waals surface area contributed by atoms with Crippen molar-refractivity contribution in [2.45, 2.75) is 18.9 Å². The van der Waals surface area contributed by atoms with Crippen molar-refractivity contribution < 1.29 is 9.53 Å². The van der Waals surface area contributed by atoms with E-state index in [1.807, 2.05) is 0 Å². The van der Waals surface area contributed by atoms with Crippen LogP contribution in [0.25, 0.3) is 0 Å². The van der Waals surface area contributed by atoms with Gasteiger partial charge in [-0.2, -0.15) is 0 Å². The number of anilines is 1. The molecule has 2 rings (SSSR count). The average Bonchev–Trinajstić information content (AvgIpc) is 2.37. The summed E-state index contributed by atoms with van der Waals surface area (Å²) < 4.78 is 5.36. The summed E-state index contributed by atoms with van der Waals surface area (Å²) in [4.78, 5) is 14.0. The van der Waals surface area contributed by atoms with Gasteiger partial charge in [-0.15, -0.1) is 0 Å². The van der Waals surface area contributed by atoms with Crippen LogP contribution in [0, 0.1) is 0 Å². The molecule has 0 aromatic heterocycles. The fraction of sp³-hybridized carbons (Fsp3) is 0.462. The van der Waals surface area contributed by atoms with E-state index in [1.54, 1.807) is 18.2 Å². The highest BCUT2D eigenvalue weighted by atomic mass is 35.5. The quantitative estimate of drug-likeness (QED) is 0.907. The predicted octanol–water partition coefficient (Wildman–Crippen LogP) is 3.64. The van der Waals surface area contributed by atoms with E-state index in [2.05, 4.69) is 17.3 Å². The van der Waals surface area contributed by atoms with Crippen molar-refractivity contribution in [1.29, 1.82) is 0 Å². The molecular formula is C13H16Cl2N2O2. The van der Waals surface area contributed by atoms with Crippen molar-refractivity contribution in [2.24, 2.45) is 0 Å². The molecule has 1 heterocycles. The molecule has 0 aliphatic carbocycles. The van der Waals surface area contributed by atoms with Gasteiger partial charge < -0.3 is 9.64 Å². The Balaban J connectivity index is 1.85. The number of ether oxygens (including phenoxy) is 1. The summed E-state index contributed by atoms with van der Waals surface area (Å²) >= 11 is 11.7. The molecule has 1 saturated heterocycles. The van der Waals surface area contributed by atoms with Crippen molar-refractivity contribution in [3.8, 4) is 0 Å². The number of hydrogen-bond acceptors (Lipinski definition) is 3. The maximum absolute atomic E-state index is 11.7. The lowest BCUT2D eigenvalue weighted by molar-refractivity contribution is 0.0662. The molecule has 0 radical (unpaired) electrons. The Morgan fingerprint density at radius 3 is 2.63 bits per heavy atom. The first-order valence-corrected chi connectivity index (χ1v) is 6.91. The van der Waals surface area contributed by atoms with E-state index in [1.165, 1.54) is 0 Å². The van der Waals surface area contributed by atoms with E-state index in [9.17, 15) is 4.79 Å². The summed E-state index contributed by atoms with van der Waals surface area (Å²) in [6.45, 7) is 1.90. The number of amides is 1. The molecule has 1 aromatic rings. The molecule has 4 nitrogen and oxygen atoms in total. The summed E-state index contributed by atoms with van der Waals surface area (Å²) in [7, 11) is 2.06. The fourth-order valence-corrected chi connectivity index (χ4v) is 2.27. The molecule has 1 aliphatic heterocycles. The third-order valence-electron chi connectivity index (χ3n) is 3.11. The number of likely N-dealkylation sites (tertiary alicyclic amines) is 1. The number of carbonyl (C=O) groups excluding carboxylic acids is 1. The SMILES string of the molecule is CN1CCC(OC(=O)Nc2ccc(Cl)c(Cl)c2)CC1. The third-order valence-corrected chi connectivity index (χ3v) is 3.84. The van der Waals surface area contributed by atoms with Crippen molar-refractivity contribution >= 4 is 35.0 Å². The Kier molecular flexibility index (Phi) is 4.91. The van der Waals surface area contributed by atoms with Gasteiger partial charge in [-0.05, 0) is 38.1 Å². The van der Waals surface area contributed by atoms with Crippen molar-refractivity contribution in [2.75, 3.05) is 25.5 Å². The number of rotatable bonds is 2. The molecule has 0 unspecified atom stereocenters. The van der Waals surface area contributed by atoms with Gasteiger partial charge in [0.2, 0.25) is 0 Å². The minimum Gasteiger partial charge on any atom is -0.446 e.